The Balaban J connectivity index is 1.52. The van der Waals surface area contributed by atoms with Crippen molar-refractivity contribution in [1.29, 1.82) is 0 Å². The Labute approximate surface area is 230 Å². The van der Waals surface area contributed by atoms with Crippen molar-refractivity contribution in [3.8, 4) is 5.75 Å². The van der Waals surface area contributed by atoms with Crippen molar-refractivity contribution in [1.82, 2.24) is 19.8 Å². The van der Waals surface area contributed by atoms with Crippen LogP contribution < -0.4 is 10.1 Å². The number of hydrogen-bond donors (Lipinski definition) is 1. The molecule has 0 fully saturated rings. The second-order valence-electron chi connectivity index (χ2n) is 10.7. The van der Waals surface area contributed by atoms with Gasteiger partial charge < -0.3 is 14.8 Å². The summed E-state index contributed by atoms with van der Waals surface area (Å²) in [4.78, 5) is 16.5. The molecule has 38 heavy (non-hydrogen) atoms. The van der Waals surface area contributed by atoms with E-state index in [0.717, 1.165) is 41.5 Å². The third-order valence-corrected chi connectivity index (χ3v) is 7.45. The summed E-state index contributed by atoms with van der Waals surface area (Å²) in [6.07, 6.45) is 1.85. The summed E-state index contributed by atoms with van der Waals surface area (Å²) in [5.41, 5.74) is 5.05. The molecule has 0 radical (unpaired) electrons. The summed E-state index contributed by atoms with van der Waals surface area (Å²) in [5.74, 6) is 1.61. The van der Waals surface area contributed by atoms with Crippen LogP contribution in [-0.2, 0) is 24.2 Å². The van der Waals surface area contributed by atoms with Crippen molar-refractivity contribution < 1.29 is 14.3 Å². The highest BCUT2D eigenvalue weighted by Crippen LogP contribution is 2.25. The number of rotatable bonds is 7. The minimum absolute atomic E-state index is 0.117. The molecular formula is C30H40N4O3S. The number of benzene rings is 2. The standard InChI is InChI=1S/C30H40N4O3S/c1-21(2)10-11-34-12-13-36-14-15-37-27-9-8-25(18-26(27)17-23-6-5-7-24(16-23)20-34)30(35)31-19-28-29(22(3)4)32-33-38-28/h5-9,16,18,21-22H,10-15,17,19-20H2,1-4H3,(H,31,35). The number of nitrogens with zero attached hydrogens (tertiary/aromatic N) is 3. The Morgan fingerprint density at radius 1 is 1.08 bits per heavy atom. The number of fused-ring (bicyclic) bond motifs is 3. The van der Waals surface area contributed by atoms with E-state index in [1.54, 1.807) is 0 Å². The highest BCUT2D eigenvalue weighted by molar-refractivity contribution is 7.05. The average molecular weight is 537 g/mol. The van der Waals surface area contributed by atoms with Gasteiger partial charge in [0.15, 0.2) is 0 Å². The molecule has 1 aliphatic heterocycles. The van der Waals surface area contributed by atoms with E-state index in [4.69, 9.17) is 9.47 Å². The number of amides is 1. The molecule has 3 aromatic rings. The van der Waals surface area contributed by atoms with Crippen LogP contribution in [0.5, 0.6) is 5.75 Å². The predicted molar refractivity (Wildman–Crippen MR) is 152 cm³/mol. The fourth-order valence-electron chi connectivity index (χ4n) is 4.57. The lowest BCUT2D eigenvalue weighted by Crippen LogP contribution is -2.29. The van der Waals surface area contributed by atoms with Gasteiger partial charge in [0.2, 0.25) is 0 Å². The SMILES string of the molecule is CC(C)CCN1CCOCCOc2ccc(C(=O)NCc3snnc3C(C)C)cc2Cc2cccc(c2)C1. The first-order chi connectivity index (χ1) is 18.4. The molecule has 8 heteroatoms. The second kappa shape index (κ2) is 13.8. The molecule has 0 unspecified atom stereocenters. The number of nitrogens with one attached hydrogen (secondary N) is 1. The molecule has 1 aromatic heterocycles. The van der Waals surface area contributed by atoms with Crippen LogP contribution in [0.1, 0.15) is 77.7 Å². The van der Waals surface area contributed by atoms with E-state index in [2.05, 4.69) is 71.8 Å². The Hall–Kier alpha value is -2.81. The van der Waals surface area contributed by atoms with Gasteiger partial charge in [-0.3, -0.25) is 9.69 Å². The van der Waals surface area contributed by atoms with E-state index in [0.29, 0.717) is 44.3 Å². The van der Waals surface area contributed by atoms with Crippen LogP contribution in [-0.4, -0.2) is 53.3 Å². The molecule has 0 saturated carbocycles. The van der Waals surface area contributed by atoms with Crippen molar-refractivity contribution in [2.24, 2.45) is 5.92 Å². The summed E-state index contributed by atoms with van der Waals surface area (Å²) in [7, 11) is 0. The third-order valence-electron chi connectivity index (χ3n) is 6.72. The van der Waals surface area contributed by atoms with Crippen LogP contribution >= 0.6 is 11.5 Å². The van der Waals surface area contributed by atoms with E-state index >= 15 is 0 Å². The molecule has 0 spiro atoms. The van der Waals surface area contributed by atoms with Gasteiger partial charge in [0.1, 0.15) is 12.4 Å². The van der Waals surface area contributed by atoms with E-state index in [1.807, 2.05) is 18.2 Å². The topological polar surface area (TPSA) is 76.6 Å². The third kappa shape index (κ3) is 8.09. The van der Waals surface area contributed by atoms with Gasteiger partial charge in [-0.05, 0) is 71.2 Å². The molecule has 1 N–H and O–H groups in total. The van der Waals surface area contributed by atoms with Crippen molar-refractivity contribution in [3.05, 3.63) is 75.3 Å². The van der Waals surface area contributed by atoms with Crippen LogP contribution in [0.3, 0.4) is 0 Å². The van der Waals surface area contributed by atoms with E-state index in [9.17, 15) is 4.79 Å². The zero-order chi connectivity index (χ0) is 26.9. The highest BCUT2D eigenvalue weighted by atomic mass is 32.1. The molecule has 0 saturated heterocycles. The van der Waals surface area contributed by atoms with Gasteiger partial charge in [-0.1, -0.05) is 56.4 Å². The summed E-state index contributed by atoms with van der Waals surface area (Å²) in [5, 5.41) is 7.25. The maximum Gasteiger partial charge on any atom is 0.251 e. The monoisotopic (exact) mass is 536 g/mol. The van der Waals surface area contributed by atoms with Crippen molar-refractivity contribution in [2.45, 2.75) is 59.5 Å². The quantitative estimate of drug-likeness (QED) is 0.433. The first kappa shape index (κ1) is 28.2. The minimum Gasteiger partial charge on any atom is -0.491 e. The number of aromatic nitrogens is 2. The zero-order valence-corrected chi connectivity index (χ0v) is 23.9. The van der Waals surface area contributed by atoms with Gasteiger partial charge in [-0.25, -0.2) is 0 Å². The molecule has 1 amide bonds. The molecule has 0 aliphatic carbocycles. The molecular weight excluding hydrogens is 496 g/mol. The van der Waals surface area contributed by atoms with E-state index in [-0.39, 0.29) is 11.8 Å². The van der Waals surface area contributed by atoms with Crippen LogP contribution in [0.4, 0.5) is 0 Å². The lowest BCUT2D eigenvalue weighted by molar-refractivity contribution is 0.0764. The molecule has 7 nitrogen and oxygen atoms in total. The molecule has 2 bridgehead atoms. The van der Waals surface area contributed by atoms with Crippen LogP contribution in [0.25, 0.3) is 0 Å². The van der Waals surface area contributed by atoms with Gasteiger partial charge >= 0.3 is 0 Å². The molecule has 4 rings (SSSR count). The highest BCUT2D eigenvalue weighted by Gasteiger charge is 2.16. The summed E-state index contributed by atoms with van der Waals surface area (Å²) < 4.78 is 16.1. The Kier molecular flexibility index (Phi) is 10.3. The zero-order valence-electron chi connectivity index (χ0n) is 23.0. The number of carbonyl (C=O) groups excluding carboxylic acids is 1. The summed E-state index contributed by atoms with van der Waals surface area (Å²) >= 11 is 1.34. The normalized spacial score (nSPS) is 15.1. The van der Waals surface area contributed by atoms with Gasteiger partial charge in [0.25, 0.3) is 5.91 Å². The van der Waals surface area contributed by atoms with Crippen LogP contribution in [0, 0.1) is 5.92 Å². The second-order valence-corrected chi connectivity index (χ2v) is 11.5. The van der Waals surface area contributed by atoms with Gasteiger partial charge in [0.05, 0.1) is 30.3 Å². The maximum atomic E-state index is 13.1. The first-order valence-corrected chi connectivity index (χ1v) is 14.4. The van der Waals surface area contributed by atoms with E-state index < -0.39 is 0 Å². The van der Waals surface area contributed by atoms with Crippen molar-refractivity contribution in [3.63, 3.8) is 0 Å². The first-order valence-electron chi connectivity index (χ1n) is 13.6. The van der Waals surface area contributed by atoms with Gasteiger partial charge in [0, 0.05) is 25.1 Å². The Morgan fingerprint density at radius 2 is 1.92 bits per heavy atom. The molecule has 204 valence electrons. The van der Waals surface area contributed by atoms with E-state index in [1.165, 1.54) is 29.1 Å². The maximum absolute atomic E-state index is 13.1. The predicted octanol–water partition coefficient (Wildman–Crippen LogP) is 5.44. The average Bonchev–Trinajstić information content (AvgIpc) is 3.37. The molecule has 2 heterocycles. The smallest absolute Gasteiger partial charge is 0.251 e. The Bertz CT molecular complexity index is 1190. The van der Waals surface area contributed by atoms with Gasteiger partial charge in [-0.15, -0.1) is 5.10 Å². The van der Waals surface area contributed by atoms with Crippen LogP contribution in [0.2, 0.25) is 0 Å². The number of ether oxygens (including phenoxy) is 2. The summed E-state index contributed by atoms with van der Waals surface area (Å²) in [6.45, 7) is 13.7. The van der Waals surface area contributed by atoms with Crippen molar-refractivity contribution >= 4 is 17.4 Å². The largest absolute Gasteiger partial charge is 0.491 e. The fourth-order valence-corrected chi connectivity index (χ4v) is 5.31. The molecule has 1 aliphatic rings. The van der Waals surface area contributed by atoms with Gasteiger partial charge in [-0.2, -0.15) is 0 Å². The molecule has 0 atom stereocenters. The fraction of sp³-hybridized carbons (Fsp3) is 0.500. The number of carbonyl (C=O) groups is 1. The lowest BCUT2D eigenvalue weighted by Gasteiger charge is -2.24. The van der Waals surface area contributed by atoms with Crippen LogP contribution in [0.15, 0.2) is 42.5 Å². The Morgan fingerprint density at radius 3 is 2.74 bits per heavy atom. The number of hydrogen-bond acceptors (Lipinski definition) is 7. The lowest BCUT2D eigenvalue weighted by atomic mass is 9.99. The minimum atomic E-state index is -0.117. The molecule has 2 aromatic carbocycles. The van der Waals surface area contributed by atoms with Crippen molar-refractivity contribution in [2.75, 3.05) is 32.9 Å². The summed E-state index contributed by atoms with van der Waals surface area (Å²) in [6, 6.07) is 14.4.